The fraction of sp³-hybridized carbons (Fsp3) is 0.533. The van der Waals surface area contributed by atoms with Crippen LogP contribution < -0.4 is 5.32 Å². The average Bonchev–Trinajstić information content (AvgIpc) is 3.29. The first-order valence-corrected chi connectivity index (χ1v) is 7.16. The Morgan fingerprint density at radius 1 is 1.40 bits per heavy atom. The van der Waals surface area contributed by atoms with E-state index < -0.39 is 0 Å². The molecular weight excluding hydrogens is 254 g/mol. The summed E-state index contributed by atoms with van der Waals surface area (Å²) in [5.74, 6) is 0.360. The lowest BCUT2D eigenvalue weighted by Gasteiger charge is -2.30. The van der Waals surface area contributed by atoms with Gasteiger partial charge in [0.05, 0.1) is 6.04 Å². The van der Waals surface area contributed by atoms with Crippen molar-refractivity contribution >= 4 is 11.8 Å². The molecule has 1 saturated carbocycles. The number of pyridine rings is 1. The van der Waals surface area contributed by atoms with Gasteiger partial charge in [-0.1, -0.05) is 6.07 Å². The number of aromatic nitrogens is 1. The molecule has 106 valence electrons. The molecule has 2 atom stereocenters. The van der Waals surface area contributed by atoms with E-state index in [1.54, 1.807) is 12.4 Å². The molecule has 0 spiro atoms. The maximum atomic E-state index is 12.7. The summed E-state index contributed by atoms with van der Waals surface area (Å²) < 4.78 is 0. The second kappa shape index (κ2) is 5.23. The maximum absolute atomic E-state index is 12.7. The molecule has 1 aliphatic heterocycles. The highest BCUT2D eigenvalue weighted by Crippen LogP contribution is 2.35. The van der Waals surface area contributed by atoms with Gasteiger partial charge in [0, 0.05) is 25.4 Å². The van der Waals surface area contributed by atoms with E-state index in [-0.39, 0.29) is 23.9 Å². The monoisotopic (exact) mass is 273 g/mol. The minimum Gasteiger partial charge on any atom is -0.344 e. The summed E-state index contributed by atoms with van der Waals surface area (Å²) in [7, 11) is 0. The molecule has 1 aliphatic carbocycles. The molecule has 0 aromatic carbocycles. The van der Waals surface area contributed by atoms with E-state index >= 15 is 0 Å². The zero-order valence-corrected chi connectivity index (χ0v) is 11.6. The van der Waals surface area contributed by atoms with Crippen molar-refractivity contribution in [1.82, 2.24) is 15.2 Å². The third-order valence-corrected chi connectivity index (χ3v) is 4.17. The van der Waals surface area contributed by atoms with E-state index in [1.165, 1.54) is 0 Å². The number of carbonyl (C=O) groups is 2. The van der Waals surface area contributed by atoms with Crippen molar-refractivity contribution < 1.29 is 9.59 Å². The minimum absolute atomic E-state index is 0.0175. The Hall–Kier alpha value is -1.91. The Morgan fingerprint density at radius 3 is 2.85 bits per heavy atom. The van der Waals surface area contributed by atoms with Gasteiger partial charge in [-0.05, 0) is 37.3 Å². The number of hydrogen-bond donors (Lipinski definition) is 1. The molecule has 1 aromatic rings. The molecule has 5 nitrogen and oxygen atoms in total. The quantitative estimate of drug-likeness (QED) is 0.902. The van der Waals surface area contributed by atoms with Gasteiger partial charge in [-0.25, -0.2) is 0 Å². The second-order valence-electron chi connectivity index (χ2n) is 5.63. The minimum atomic E-state index is -0.330. The molecule has 2 fully saturated rings. The summed E-state index contributed by atoms with van der Waals surface area (Å²) in [5.41, 5.74) is 1.00. The Kier molecular flexibility index (Phi) is 3.42. The van der Waals surface area contributed by atoms with E-state index in [0.29, 0.717) is 18.9 Å². The van der Waals surface area contributed by atoms with Crippen molar-refractivity contribution in [2.75, 3.05) is 6.54 Å². The van der Waals surface area contributed by atoms with Crippen LogP contribution in [-0.4, -0.2) is 34.3 Å². The zero-order chi connectivity index (χ0) is 14.1. The standard InChI is InChI=1S/C15H19N3O2/c1-10(12-3-2-7-16-9-12)18-8-6-13(19)17-14(15(18)20)11-4-5-11/h2-3,7,9-11,14H,4-6,8H2,1H3,(H,17,19). The molecule has 1 N–H and O–H groups in total. The predicted molar refractivity (Wildman–Crippen MR) is 73.6 cm³/mol. The van der Waals surface area contributed by atoms with Crippen molar-refractivity contribution in [2.24, 2.45) is 5.92 Å². The summed E-state index contributed by atoms with van der Waals surface area (Å²) in [6, 6.07) is 3.46. The number of carbonyl (C=O) groups excluding carboxylic acids is 2. The Bertz CT molecular complexity index is 513. The van der Waals surface area contributed by atoms with E-state index in [0.717, 1.165) is 18.4 Å². The number of nitrogens with one attached hydrogen (secondary N) is 1. The van der Waals surface area contributed by atoms with Crippen molar-refractivity contribution in [3.63, 3.8) is 0 Å². The van der Waals surface area contributed by atoms with Crippen LogP contribution in [0.5, 0.6) is 0 Å². The maximum Gasteiger partial charge on any atom is 0.245 e. The lowest BCUT2D eigenvalue weighted by molar-refractivity contribution is -0.136. The van der Waals surface area contributed by atoms with Crippen molar-refractivity contribution in [2.45, 2.75) is 38.3 Å². The highest BCUT2D eigenvalue weighted by atomic mass is 16.2. The normalized spacial score (nSPS) is 25.1. The van der Waals surface area contributed by atoms with E-state index in [2.05, 4.69) is 10.3 Å². The van der Waals surface area contributed by atoms with E-state index in [1.807, 2.05) is 24.0 Å². The van der Waals surface area contributed by atoms with Crippen LogP contribution in [0.25, 0.3) is 0 Å². The SMILES string of the molecule is CC(c1cccnc1)N1CCC(=O)NC(C2CC2)C1=O. The van der Waals surface area contributed by atoms with Crippen molar-refractivity contribution in [3.05, 3.63) is 30.1 Å². The Morgan fingerprint density at radius 2 is 2.20 bits per heavy atom. The molecule has 2 unspecified atom stereocenters. The van der Waals surface area contributed by atoms with Crippen LogP contribution in [-0.2, 0) is 9.59 Å². The lowest BCUT2D eigenvalue weighted by Crippen LogP contribution is -2.46. The van der Waals surface area contributed by atoms with Gasteiger partial charge < -0.3 is 10.2 Å². The highest BCUT2D eigenvalue weighted by Gasteiger charge is 2.42. The van der Waals surface area contributed by atoms with Crippen molar-refractivity contribution in [3.8, 4) is 0 Å². The Labute approximate surface area is 118 Å². The molecule has 1 saturated heterocycles. The fourth-order valence-electron chi connectivity index (χ4n) is 2.75. The zero-order valence-electron chi connectivity index (χ0n) is 11.6. The smallest absolute Gasteiger partial charge is 0.245 e. The van der Waals surface area contributed by atoms with Crippen LogP contribution in [0.1, 0.15) is 37.8 Å². The molecule has 1 aromatic heterocycles. The average molecular weight is 273 g/mol. The summed E-state index contributed by atoms with van der Waals surface area (Å²) in [6.07, 6.45) is 5.94. The van der Waals surface area contributed by atoms with Gasteiger partial charge >= 0.3 is 0 Å². The van der Waals surface area contributed by atoms with Crippen LogP contribution >= 0.6 is 0 Å². The van der Waals surface area contributed by atoms with Gasteiger partial charge in [0.15, 0.2) is 0 Å². The number of hydrogen-bond acceptors (Lipinski definition) is 3. The van der Waals surface area contributed by atoms with Gasteiger partial charge in [-0.3, -0.25) is 14.6 Å². The molecule has 20 heavy (non-hydrogen) atoms. The van der Waals surface area contributed by atoms with Gasteiger partial charge in [-0.15, -0.1) is 0 Å². The molecule has 2 aliphatic rings. The molecule has 0 bridgehead atoms. The van der Waals surface area contributed by atoms with Gasteiger partial charge in [0.2, 0.25) is 11.8 Å². The molecule has 2 heterocycles. The number of amides is 2. The first-order valence-electron chi connectivity index (χ1n) is 7.16. The molecule has 3 rings (SSSR count). The van der Waals surface area contributed by atoms with Crippen LogP contribution in [0, 0.1) is 5.92 Å². The third kappa shape index (κ3) is 2.53. The van der Waals surface area contributed by atoms with Crippen LogP contribution in [0.3, 0.4) is 0 Å². The van der Waals surface area contributed by atoms with Gasteiger partial charge in [-0.2, -0.15) is 0 Å². The predicted octanol–water partition coefficient (Wildman–Crippen LogP) is 1.27. The van der Waals surface area contributed by atoms with Gasteiger partial charge in [0.1, 0.15) is 6.04 Å². The summed E-state index contributed by atoms with van der Waals surface area (Å²) in [5, 5.41) is 2.88. The summed E-state index contributed by atoms with van der Waals surface area (Å²) >= 11 is 0. The van der Waals surface area contributed by atoms with E-state index in [9.17, 15) is 9.59 Å². The second-order valence-corrected chi connectivity index (χ2v) is 5.63. The van der Waals surface area contributed by atoms with Crippen LogP contribution in [0.4, 0.5) is 0 Å². The molecule has 5 heteroatoms. The fourth-order valence-corrected chi connectivity index (χ4v) is 2.75. The number of rotatable bonds is 3. The largest absolute Gasteiger partial charge is 0.344 e. The Balaban J connectivity index is 1.83. The van der Waals surface area contributed by atoms with Gasteiger partial charge in [0.25, 0.3) is 0 Å². The topological polar surface area (TPSA) is 62.3 Å². The first-order chi connectivity index (χ1) is 9.66. The molecular formula is C15H19N3O2. The highest BCUT2D eigenvalue weighted by molar-refractivity contribution is 5.90. The van der Waals surface area contributed by atoms with Crippen molar-refractivity contribution in [1.29, 1.82) is 0 Å². The molecule has 0 radical (unpaired) electrons. The summed E-state index contributed by atoms with van der Waals surface area (Å²) in [6.45, 7) is 2.47. The lowest BCUT2D eigenvalue weighted by atomic mass is 10.1. The van der Waals surface area contributed by atoms with Crippen LogP contribution in [0.2, 0.25) is 0 Å². The number of nitrogens with zero attached hydrogens (tertiary/aromatic N) is 2. The first kappa shape index (κ1) is 13.1. The molecule has 2 amide bonds. The third-order valence-electron chi connectivity index (χ3n) is 4.17. The van der Waals surface area contributed by atoms with Crippen LogP contribution in [0.15, 0.2) is 24.5 Å². The van der Waals surface area contributed by atoms with E-state index in [4.69, 9.17) is 0 Å². The summed E-state index contributed by atoms with van der Waals surface area (Å²) in [4.78, 5) is 30.4.